The van der Waals surface area contributed by atoms with Crippen LogP contribution in [-0.2, 0) is 14.3 Å². The summed E-state index contributed by atoms with van der Waals surface area (Å²) in [5.74, 6) is 5.22. The van der Waals surface area contributed by atoms with Crippen LogP contribution < -0.4 is 5.32 Å². The first-order chi connectivity index (χ1) is 7.87. The Labute approximate surface area is 107 Å². The number of nitrogens with one attached hydrogen (secondary N) is 1. The van der Waals surface area contributed by atoms with E-state index in [0.29, 0.717) is 19.7 Å². The van der Waals surface area contributed by atoms with Gasteiger partial charge in [-0.2, -0.15) is 0 Å². The van der Waals surface area contributed by atoms with E-state index >= 15 is 0 Å². The standard InChI is InChI=1S/C12H19NO3S/c1-10(14)16-8-7-13-9-12(2,3)6-5-11(15)17-4/h13H,7-9H2,1-4H3. The van der Waals surface area contributed by atoms with Gasteiger partial charge in [0.15, 0.2) is 0 Å². The number of hydrogen-bond donors (Lipinski definition) is 1. The molecule has 0 saturated heterocycles. The van der Waals surface area contributed by atoms with Crippen molar-refractivity contribution in [2.24, 2.45) is 5.41 Å². The molecule has 0 aliphatic rings. The average molecular weight is 257 g/mol. The first-order valence-corrected chi connectivity index (χ1v) is 6.55. The molecule has 4 nitrogen and oxygen atoms in total. The van der Waals surface area contributed by atoms with Crippen LogP contribution in [0, 0.1) is 17.3 Å². The van der Waals surface area contributed by atoms with Gasteiger partial charge >= 0.3 is 5.97 Å². The normalized spacial score (nSPS) is 10.4. The van der Waals surface area contributed by atoms with Crippen LogP contribution in [0.25, 0.3) is 0 Å². The van der Waals surface area contributed by atoms with Gasteiger partial charge in [-0.25, -0.2) is 0 Å². The monoisotopic (exact) mass is 257 g/mol. The second-order valence-electron chi connectivity index (χ2n) is 4.14. The third kappa shape index (κ3) is 9.91. The zero-order valence-electron chi connectivity index (χ0n) is 10.8. The minimum absolute atomic E-state index is 0.127. The molecular formula is C12H19NO3S. The largest absolute Gasteiger partial charge is 0.465 e. The van der Waals surface area contributed by atoms with Gasteiger partial charge in [-0.05, 0) is 26.0 Å². The van der Waals surface area contributed by atoms with Crippen molar-refractivity contribution in [1.29, 1.82) is 0 Å². The van der Waals surface area contributed by atoms with E-state index in [1.807, 2.05) is 13.8 Å². The minimum atomic E-state index is -0.281. The maximum Gasteiger partial charge on any atom is 0.302 e. The molecule has 0 amide bonds. The molecule has 0 aliphatic carbocycles. The van der Waals surface area contributed by atoms with Gasteiger partial charge in [0.05, 0.1) is 0 Å². The van der Waals surface area contributed by atoms with Crippen molar-refractivity contribution in [3.8, 4) is 11.8 Å². The van der Waals surface area contributed by atoms with Crippen LogP contribution in [0.2, 0.25) is 0 Å². The molecule has 0 rings (SSSR count). The van der Waals surface area contributed by atoms with Gasteiger partial charge in [-0.15, -0.1) is 0 Å². The van der Waals surface area contributed by atoms with Crippen LogP contribution in [0.5, 0.6) is 0 Å². The molecule has 0 aromatic heterocycles. The highest BCUT2D eigenvalue weighted by molar-refractivity contribution is 8.13. The van der Waals surface area contributed by atoms with Gasteiger partial charge in [-0.3, -0.25) is 9.59 Å². The van der Waals surface area contributed by atoms with Crippen LogP contribution >= 0.6 is 11.8 Å². The van der Waals surface area contributed by atoms with E-state index < -0.39 is 0 Å². The Balaban J connectivity index is 3.88. The maximum atomic E-state index is 11.0. The van der Waals surface area contributed by atoms with E-state index in [1.165, 1.54) is 6.92 Å². The van der Waals surface area contributed by atoms with E-state index in [2.05, 4.69) is 17.2 Å². The fourth-order valence-corrected chi connectivity index (χ4v) is 1.14. The molecule has 96 valence electrons. The first-order valence-electron chi connectivity index (χ1n) is 5.32. The summed E-state index contributed by atoms with van der Waals surface area (Å²) >= 11 is 1.11. The van der Waals surface area contributed by atoms with Crippen LogP contribution in [-0.4, -0.2) is 37.0 Å². The number of ether oxygens (including phenoxy) is 1. The topological polar surface area (TPSA) is 55.4 Å². The molecule has 0 bridgehead atoms. The number of rotatable bonds is 5. The van der Waals surface area contributed by atoms with E-state index in [-0.39, 0.29) is 16.5 Å². The van der Waals surface area contributed by atoms with E-state index in [0.717, 1.165) is 11.8 Å². The molecule has 1 N–H and O–H groups in total. The maximum absolute atomic E-state index is 11.0. The number of carbonyl (C=O) groups is 2. The van der Waals surface area contributed by atoms with E-state index in [4.69, 9.17) is 4.74 Å². The molecule has 0 unspecified atom stereocenters. The van der Waals surface area contributed by atoms with Crippen molar-refractivity contribution in [2.45, 2.75) is 20.8 Å². The molecular weight excluding hydrogens is 238 g/mol. The number of esters is 1. The molecule has 0 radical (unpaired) electrons. The van der Waals surface area contributed by atoms with Crippen molar-refractivity contribution < 1.29 is 14.3 Å². The van der Waals surface area contributed by atoms with Crippen molar-refractivity contribution >= 4 is 22.8 Å². The SMILES string of the molecule is CSC(=O)C#CC(C)(C)CNCCOC(C)=O. The van der Waals surface area contributed by atoms with Crippen molar-refractivity contribution in [3.05, 3.63) is 0 Å². The van der Waals surface area contributed by atoms with E-state index in [1.54, 1.807) is 6.26 Å². The van der Waals surface area contributed by atoms with Crippen LogP contribution in [0.1, 0.15) is 20.8 Å². The molecule has 0 aliphatic heterocycles. The molecule has 5 heteroatoms. The minimum Gasteiger partial charge on any atom is -0.465 e. The smallest absolute Gasteiger partial charge is 0.302 e. The highest BCUT2D eigenvalue weighted by atomic mass is 32.2. The van der Waals surface area contributed by atoms with Crippen LogP contribution in [0.4, 0.5) is 0 Å². The molecule has 0 spiro atoms. The van der Waals surface area contributed by atoms with Gasteiger partial charge in [0.2, 0.25) is 0 Å². The molecule has 0 aromatic rings. The summed E-state index contributed by atoms with van der Waals surface area (Å²) in [6.07, 6.45) is 1.71. The Hall–Kier alpha value is -0.990. The fourth-order valence-electron chi connectivity index (χ4n) is 0.983. The molecule has 17 heavy (non-hydrogen) atoms. The molecule has 0 fully saturated rings. The molecule has 0 saturated carbocycles. The average Bonchev–Trinajstić information content (AvgIpc) is 2.25. The Morgan fingerprint density at radius 1 is 1.41 bits per heavy atom. The first kappa shape index (κ1) is 16.0. The predicted molar refractivity (Wildman–Crippen MR) is 69.6 cm³/mol. The fraction of sp³-hybridized carbons (Fsp3) is 0.667. The Bertz CT molecular complexity index is 328. The number of thioether (sulfide) groups is 1. The highest BCUT2D eigenvalue weighted by Crippen LogP contribution is 2.11. The lowest BCUT2D eigenvalue weighted by atomic mass is 9.94. The zero-order chi connectivity index (χ0) is 13.3. The Morgan fingerprint density at radius 3 is 2.59 bits per heavy atom. The lowest BCUT2D eigenvalue weighted by molar-refractivity contribution is -0.140. The number of hydrogen-bond acceptors (Lipinski definition) is 5. The summed E-state index contributed by atoms with van der Waals surface area (Å²) in [6, 6.07) is 0. The quantitative estimate of drug-likeness (QED) is 0.453. The summed E-state index contributed by atoms with van der Waals surface area (Å²) in [6.45, 7) is 6.86. The zero-order valence-corrected chi connectivity index (χ0v) is 11.6. The molecule has 0 atom stereocenters. The lowest BCUT2D eigenvalue weighted by Crippen LogP contribution is -2.31. The van der Waals surface area contributed by atoms with Crippen molar-refractivity contribution in [3.63, 3.8) is 0 Å². The summed E-state index contributed by atoms with van der Waals surface area (Å²) in [5.41, 5.74) is -0.276. The van der Waals surface area contributed by atoms with Gasteiger partial charge in [0.1, 0.15) is 6.61 Å². The van der Waals surface area contributed by atoms with E-state index in [9.17, 15) is 9.59 Å². The Morgan fingerprint density at radius 2 is 2.06 bits per heavy atom. The summed E-state index contributed by atoms with van der Waals surface area (Å²) in [7, 11) is 0. The van der Waals surface area contributed by atoms with Gasteiger partial charge < -0.3 is 10.1 Å². The predicted octanol–water partition coefficient (Wildman–Crippen LogP) is 1.06. The van der Waals surface area contributed by atoms with Crippen molar-refractivity contribution in [2.75, 3.05) is 26.0 Å². The van der Waals surface area contributed by atoms with Crippen LogP contribution in [0.15, 0.2) is 0 Å². The third-order valence-electron chi connectivity index (χ3n) is 1.84. The second-order valence-corrected chi connectivity index (χ2v) is 4.92. The van der Waals surface area contributed by atoms with Gasteiger partial charge in [-0.1, -0.05) is 17.7 Å². The Kier molecular flexibility index (Phi) is 7.68. The summed E-state index contributed by atoms with van der Waals surface area (Å²) in [4.78, 5) is 21.5. The highest BCUT2D eigenvalue weighted by Gasteiger charge is 2.13. The third-order valence-corrected chi connectivity index (χ3v) is 2.31. The summed E-state index contributed by atoms with van der Waals surface area (Å²) < 4.78 is 4.78. The summed E-state index contributed by atoms with van der Waals surface area (Å²) in [5, 5.41) is 3.00. The number of carbonyl (C=O) groups excluding carboxylic acids is 2. The second kappa shape index (κ2) is 8.15. The molecule has 0 aromatic carbocycles. The lowest BCUT2D eigenvalue weighted by Gasteiger charge is -2.17. The molecule has 0 heterocycles. The van der Waals surface area contributed by atoms with Gasteiger partial charge in [0.25, 0.3) is 5.12 Å². The van der Waals surface area contributed by atoms with Gasteiger partial charge in [0, 0.05) is 25.4 Å². The van der Waals surface area contributed by atoms with Crippen LogP contribution in [0.3, 0.4) is 0 Å². The van der Waals surface area contributed by atoms with Crippen molar-refractivity contribution in [1.82, 2.24) is 5.32 Å².